The van der Waals surface area contributed by atoms with Crippen molar-refractivity contribution in [2.24, 2.45) is 0 Å². The highest BCUT2D eigenvalue weighted by atomic mass is 79.9. The van der Waals surface area contributed by atoms with Crippen molar-refractivity contribution in [3.8, 4) is 0 Å². The Morgan fingerprint density at radius 2 is 2.28 bits per heavy atom. The molecule has 1 atom stereocenters. The van der Waals surface area contributed by atoms with Gasteiger partial charge in [-0.05, 0) is 41.0 Å². The van der Waals surface area contributed by atoms with Gasteiger partial charge in [0.1, 0.15) is 5.82 Å². The van der Waals surface area contributed by atoms with E-state index in [1.54, 1.807) is 6.20 Å². The van der Waals surface area contributed by atoms with Crippen LogP contribution >= 0.6 is 15.9 Å². The third-order valence-corrected chi connectivity index (χ3v) is 3.25. The third-order valence-electron chi connectivity index (χ3n) is 2.82. The first-order valence-corrected chi connectivity index (χ1v) is 6.84. The van der Waals surface area contributed by atoms with E-state index in [-0.39, 0.29) is 6.04 Å². The maximum Gasteiger partial charge on any atom is 0.130 e. The molecule has 2 aromatic rings. The summed E-state index contributed by atoms with van der Waals surface area (Å²) < 4.78 is 3.16. The number of pyridine rings is 1. The van der Waals surface area contributed by atoms with Crippen molar-refractivity contribution in [2.45, 2.75) is 25.9 Å². The van der Waals surface area contributed by atoms with E-state index < -0.39 is 0 Å². The molecule has 2 heterocycles. The highest BCUT2D eigenvalue weighted by Gasteiger charge is 2.17. The molecule has 96 valence electrons. The highest BCUT2D eigenvalue weighted by Crippen LogP contribution is 2.22. The monoisotopic (exact) mass is 308 g/mol. The maximum absolute atomic E-state index is 4.47. The average molecular weight is 309 g/mol. The van der Waals surface area contributed by atoms with Gasteiger partial charge in [-0.1, -0.05) is 6.92 Å². The van der Waals surface area contributed by atoms with Crippen molar-refractivity contribution in [3.05, 3.63) is 46.7 Å². The van der Waals surface area contributed by atoms with E-state index in [9.17, 15) is 0 Å². The first kappa shape index (κ1) is 13.2. The van der Waals surface area contributed by atoms with Crippen molar-refractivity contribution in [1.29, 1.82) is 0 Å². The summed E-state index contributed by atoms with van der Waals surface area (Å²) in [5.74, 6) is 1.03. The largest absolute Gasteiger partial charge is 0.333 e. The Kier molecular flexibility index (Phi) is 4.49. The molecule has 18 heavy (non-hydrogen) atoms. The van der Waals surface area contributed by atoms with Gasteiger partial charge in [0.05, 0.1) is 6.04 Å². The second-order valence-corrected chi connectivity index (χ2v) is 5.05. The van der Waals surface area contributed by atoms with Gasteiger partial charge in [0.2, 0.25) is 0 Å². The molecule has 0 radical (unpaired) electrons. The second kappa shape index (κ2) is 6.11. The van der Waals surface area contributed by atoms with Gasteiger partial charge < -0.3 is 9.88 Å². The molecule has 0 aliphatic rings. The summed E-state index contributed by atoms with van der Waals surface area (Å²) in [6.07, 6.45) is 8.62. The van der Waals surface area contributed by atoms with Gasteiger partial charge in [0, 0.05) is 35.8 Å². The van der Waals surface area contributed by atoms with Crippen LogP contribution in [0.15, 0.2) is 35.3 Å². The summed E-state index contributed by atoms with van der Waals surface area (Å²) >= 11 is 3.45. The average Bonchev–Trinajstić information content (AvgIpc) is 2.79. The first-order valence-electron chi connectivity index (χ1n) is 6.05. The summed E-state index contributed by atoms with van der Waals surface area (Å²) in [6.45, 7) is 3.15. The minimum atomic E-state index is 0.0662. The minimum absolute atomic E-state index is 0.0662. The number of rotatable bonds is 5. The van der Waals surface area contributed by atoms with Gasteiger partial charge in [-0.3, -0.25) is 4.98 Å². The van der Waals surface area contributed by atoms with Crippen LogP contribution in [0.25, 0.3) is 0 Å². The highest BCUT2D eigenvalue weighted by molar-refractivity contribution is 9.10. The van der Waals surface area contributed by atoms with Gasteiger partial charge >= 0.3 is 0 Å². The van der Waals surface area contributed by atoms with E-state index >= 15 is 0 Å². The van der Waals surface area contributed by atoms with Gasteiger partial charge in [-0.15, -0.1) is 0 Å². The van der Waals surface area contributed by atoms with Crippen LogP contribution in [-0.4, -0.2) is 21.6 Å². The molecule has 0 amide bonds. The van der Waals surface area contributed by atoms with Gasteiger partial charge in [-0.2, -0.15) is 0 Å². The Bertz CT molecular complexity index is 509. The summed E-state index contributed by atoms with van der Waals surface area (Å²) in [6, 6.07) is 2.13. The van der Waals surface area contributed by atoms with Crippen LogP contribution in [0.1, 0.15) is 30.8 Å². The van der Waals surface area contributed by atoms with Crippen LogP contribution in [0.2, 0.25) is 0 Å². The fraction of sp³-hybridized carbons (Fsp3) is 0.385. The number of nitrogens with one attached hydrogen (secondary N) is 1. The van der Waals surface area contributed by atoms with Crippen molar-refractivity contribution in [2.75, 3.05) is 7.05 Å². The molecule has 2 aromatic heterocycles. The van der Waals surface area contributed by atoms with Crippen molar-refractivity contribution in [3.63, 3.8) is 0 Å². The minimum Gasteiger partial charge on any atom is -0.333 e. The quantitative estimate of drug-likeness (QED) is 0.923. The molecule has 0 saturated carbocycles. The van der Waals surface area contributed by atoms with Crippen LogP contribution in [0.5, 0.6) is 0 Å². The topological polar surface area (TPSA) is 42.7 Å². The van der Waals surface area contributed by atoms with E-state index in [0.29, 0.717) is 0 Å². The summed E-state index contributed by atoms with van der Waals surface area (Å²) in [4.78, 5) is 8.68. The summed E-state index contributed by atoms with van der Waals surface area (Å²) in [7, 11) is 1.94. The van der Waals surface area contributed by atoms with Crippen molar-refractivity contribution in [1.82, 2.24) is 19.9 Å². The number of nitrogens with zero attached hydrogens (tertiary/aromatic N) is 3. The molecule has 0 aliphatic carbocycles. The Balaban J connectivity index is 2.36. The second-order valence-electron chi connectivity index (χ2n) is 4.14. The molecule has 1 unspecified atom stereocenters. The van der Waals surface area contributed by atoms with E-state index in [0.717, 1.165) is 28.8 Å². The van der Waals surface area contributed by atoms with Crippen LogP contribution < -0.4 is 5.32 Å². The van der Waals surface area contributed by atoms with Crippen LogP contribution in [0.4, 0.5) is 0 Å². The predicted octanol–water partition coefficient (Wildman–Crippen LogP) is 2.76. The number of hydrogen-bond acceptors (Lipinski definition) is 3. The van der Waals surface area contributed by atoms with E-state index in [4.69, 9.17) is 0 Å². The normalized spacial score (nSPS) is 12.6. The number of hydrogen-bond donors (Lipinski definition) is 1. The van der Waals surface area contributed by atoms with Crippen LogP contribution in [-0.2, 0) is 6.54 Å². The summed E-state index contributed by atoms with van der Waals surface area (Å²) in [5, 5.41) is 3.30. The lowest BCUT2D eigenvalue weighted by Crippen LogP contribution is -2.22. The molecule has 0 bridgehead atoms. The Morgan fingerprint density at radius 3 is 2.94 bits per heavy atom. The van der Waals surface area contributed by atoms with Crippen molar-refractivity contribution >= 4 is 15.9 Å². The molecule has 0 aromatic carbocycles. The van der Waals surface area contributed by atoms with E-state index in [2.05, 4.69) is 48.8 Å². The molecule has 0 fully saturated rings. The molecule has 5 heteroatoms. The van der Waals surface area contributed by atoms with Crippen LogP contribution in [0.3, 0.4) is 0 Å². The predicted molar refractivity (Wildman–Crippen MR) is 75.4 cm³/mol. The SMILES string of the molecule is CCCn1ccnc1C(NC)c1cncc(Br)c1. The molecule has 2 rings (SSSR count). The van der Waals surface area contributed by atoms with E-state index in [1.165, 1.54) is 0 Å². The molecule has 1 N–H and O–H groups in total. The lowest BCUT2D eigenvalue weighted by atomic mass is 10.1. The number of imidazole rings is 1. The molecule has 0 spiro atoms. The molecule has 4 nitrogen and oxygen atoms in total. The number of aryl methyl sites for hydroxylation is 1. The standard InChI is InChI=1S/C13H17BrN4/c1-3-5-18-6-4-17-13(18)12(15-2)10-7-11(14)9-16-8-10/h4,6-9,12,15H,3,5H2,1-2H3. The zero-order valence-electron chi connectivity index (χ0n) is 10.6. The molecular weight excluding hydrogens is 292 g/mol. The third kappa shape index (κ3) is 2.79. The Labute approximate surface area is 116 Å². The maximum atomic E-state index is 4.47. The first-order chi connectivity index (χ1) is 8.76. The van der Waals surface area contributed by atoms with Crippen LogP contribution in [0, 0.1) is 0 Å². The fourth-order valence-corrected chi connectivity index (χ4v) is 2.42. The lowest BCUT2D eigenvalue weighted by molar-refractivity contribution is 0.567. The van der Waals surface area contributed by atoms with Gasteiger partial charge in [0.25, 0.3) is 0 Å². The van der Waals surface area contributed by atoms with E-state index in [1.807, 2.05) is 25.6 Å². The molecule has 0 aliphatic heterocycles. The molecular formula is C13H17BrN4. The molecule has 0 saturated heterocycles. The number of halogens is 1. The lowest BCUT2D eigenvalue weighted by Gasteiger charge is -2.17. The zero-order valence-corrected chi connectivity index (χ0v) is 12.2. The number of aromatic nitrogens is 3. The fourth-order valence-electron chi connectivity index (χ4n) is 2.04. The zero-order chi connectivity index (χ0) is 13.0. The van der Waals surface area contributed by atoms with Gasteiger partial charge in [0.15, 0.2) is 0 Å². The van der Waals surface area contributed by atoms with Crippen molar-refractivity contribution < 1.29 is 0 Å². The Hall–Kier alpha value is -1.20. The smallest absolute Gasteiger partial charge is 0.130 e. The Morgan fingerprint density at radius 1 is 1.44 bits per heavy atom. The summed E-state index contributed by atoms with van der Waals surface area (Å²) in [5.41, 5.74) is 1.11. The van der Waals surface area contributed by atoms with Gasteiger partial charge in [-0.25, -0.2) is 4.98 Å².